The van der Waals surface area contributed by atoms with Crippen LogP contribution in [0.1, 0.15) is 27.7 Å². The molecular weight excluding hydrogens is 404 g/mol. The normalized spacial score (nSPS) is 15.8. The number of pyridine rings is 1. The predicted molar refractivity (Wildman–Crippen MR) is 124 cm³/mol. The van der Waals surface area contributed by atoms with Crippen molar-refractivity contribution in [2.45, 2.75) is 12.6 Å². The van der Waals surface area contributed by atoms with Crippen LogP contribution in [0.2, 0.25) is 0 Å². The summed E-state index contributed by atoms with van der Waals surface area (Å²) in [6.45, 7) is 2.83. The van der Waals surface area contributed by atoms with Crippen LogP contribution in [0.25, 0.3) is 0 Å². The summed E-state index contributed by atoms with van der Waals surface area (Å²) in [5, 5.41) is 6.50. The summed E-state index contributed by atoms with van der Waals surface area (Å²) in [5.74, 6) is 1.96. The molecule has 1 aliphatic heterocycles. The molecule has 0 radical (unpaired) electrons. The molecule has 0 aliphatic carbocycles. The number of nitrogens with zero attached hydrogens (tertiary/aromatic N) is 2. The Balaban J connectivity index is 1.43. The molecule has 2 aromatic carbocycles. The zero-order valence-electron chi connectivity index (χ0n) is 18.4. The van der Waals surface area contributed by atoms with Crippen molar-refractivity contribution in [1.29, 1.82) is 0 Å². The summed E-state index contributed by atoms with van der Waals surface area (Å²) in [6.07, 6.45) is 0. The van der Waals surface area contributed by atoms with Crippen molar-refractivity contribution < 1.29 is 14.3 Å². The summed E-state index contributed by atoms with van der Waals surface area (Å²) in [5.41, 5.74) is 2.51. The fourth-order valence-electron chi connectivity index (χ4n) is 3.86. The van der Waals surface area contributed by atoms with E-state index in [1.54, 1.807) is 26.4 Å². The zero-order valence-corrected chi connectivity index (χ0v) is 18.4. The number of nitrogens with one attached hydrogen (secondary N) is 2. The van der Waals surface area contributed by atoms with Crippen molar-refractivity contribution in [3.05, 3.63) is 83.6 Å². The van der Waals surface area contributed by atoms with Crippen LogP contribution in [0.15, 0.2) is 66.7 Å². The number of anilines is 1. The Labute approximate surface area is 188 Å². The van der Waals surface area contributed by atoms with E-state index in [1.807, 2.05) is 30.3 Å². The van der Waals surface area contributed by atoms with E-state index in [2.05, 4.69) is 44.8 Å². The number of ether oxygens (including phenoxy) is 2. The van der Waals surface area contributed by atoms with Gasteiger partial charge >= 0.3 is 0 Å². The van der Waals surface area contributed by atoms with Gasteiger partial charge in [0.15, 0.2) is 0 Å². The minimum absolute atomic E-state index is 0.223. The maximum atomic E-state index is 12.8. The second kappa shape index (κ2) is 10.2. The van der Waals surface area contributed by atoms with Gasteiger partial charge in [0.05, 0.1) is 14.2 Å². The van der Waals surface area contributed by atoms with Crippen LogP contribution >= 0.6 is 0 Å². The molecular formula is C25H28N4O3. The number of carbonyl (C=O) groups excluding carboxylic acids is 1. The molecule has 0 spiro atoms. The number of amides is 1. The SMILES string of the molecule is COc1ccc(CNC(=O)c2cccc(N3CCN[C@@H](c4ccccc4)C3)n2)c(OC)c1. The van der Waals surface area contributed by atoms with Crippen LogP contribution in [0.4, 0.5) is 5.82 Å². The van der Waals surface area contributed by atoms with Crippen molar-refractivity contribution in [2.75, 3.05) is 38.8 Å². The maximum absolute atomic E-state index is 12.8. The highest BCUT2D eigenvalue weighted by Gasteiger charge is 2.22. The first kappa shape index (κ1) is 21.6. The lowest BCUT2D eigenvalue weighted by molar-refractivity contribution is 0.0945. The molecule has 0 saturated carbocycles. The topological polar surface area (TPSA) is 75.7 Å². The van der Waals surface area contributed by atoms with E-state index in [9.17, 15) is 4.79 Å². The molecule has 1 aliphatic rings. The van der Waals surface area contributed by atoms with Gasteiger partial charge in [-0.3, -0.25) is 4.79 Å². The largest absolute Gasteiger partial charge is 0.497 e. The van der Waals surface area contributed by atoms with Crippen molar-refractivity contribution in [2.24, 2.45) is 0 Å². The number of rotatable bonds is 7. The molecule has 4 rings (SSSR count). The molecule has 3 aromatic rings. The van der Waals surface area contributed by atoms with E-state index >= 15 is 0 Å². The molecule has 1 atom stereocenters. The van der Waals surface area contributed by atoms with E-state index in [-0.39, 0.29) is 11.9 Å². The highest BCUT2D eigenvalue weighted by Crippen LogP contribution is 2.25. The Morgan fingerprint density at radius 3 is 2.72 bits per heavy atom. The fraction of sp³-hybridized carbons (Fsp3) is 0.280. The van der Waals surface area contributed by atoms with Crippen molar-refractivity contribution in [3.63, 3.8) is 0 Å². The van der Waals surface area contributed by atoms with Crippen LogP contribution < -0.4 is 25.0 Å². The molecule has 1 aromatic heterocycles. The molecule has 7 nitrogen and oxygen atoms in total. The first-order chi connectivity index (χ1) is 15.7. The van der Waals surface area contributed by atoms with E-state index in [1.165, 1.54) is 5.56 Å². The number of aromatic nitrogens is 1. The second-order valence-electron chi connectivity index (χ2n) is 7.60. The molecule has 1 amide bonds. The summed E-state index contributed by atoms with van der Waals surface area (Å²) in [7, 11) is 3.21. The molecule has 2 N–H and O–H groups in total. The molecule has 1 saturated heterocycles. The summed E-state index contributed by atoms with van der Waals surface area (Å²) in [6, 6.07) is 21.7. The lowest BCUT2D eigenvalue weighted by Crippen LogP contribution is -2.46. The highest BCUT2D eigenvalue weighted by atomic mass is 16.5. The van der Waals surface area contributed by atoms with Gasteiger partial charge in [0, 0.05) is 43.9 Å². The summed E-state index contributed by atoms with van der Waals surface area (Å²) < 4.78 is 10.6. The van der Waals surface area contributed by atoms with E-state index in [4.69, 9.17) is 9.47 Å². The number of hydrogen-bond acceptors (Lipinski definition) is 6. The average molecular weight is 433 g/mol. The number of piperazine rings is 1. The third-order valence-electron chi connectivity index (χ3n) is 5.60. The Kier molecular flexibility index (Phi) is 6.87. The molecule has 32 heavy (non-hydrogen) atoms. The summed E-state index contributed by atoms with van der Waals surface area (Å²) >= 11 is 0. The smallest absolute Gasteiger partial charge is 0.270 e. The van der Waals surface area contributed by atoms with Crippen LogP contribution in [-0.4, -0.2) is 44.7 Å². The molecule has 0 bridgehead atoms. The van der Waals surface area contributed by atoms with Crippen molar-refractivity contribution in [1.82, 2.24) is 15.6 Å². The van der Waals surface area contributed by atoms with Gasteiger partial charge in [0.25, 0.3) is 5.91 Å². The zero-order chi connectivity index (χ0) is 22.3. The molecule has 2 heterocycles. The Hall–Kier alpha value is -3.58. The van der Waals surface area contributed by atoms with Crippen LogP contribution in [-0.2, 0) is 6.54 Å². The average Bonchev–Trinajstić information content (AvgIpc) is 2.87. The van der Waals surface area contributed by atoms with Gasteiger partial charge in [-0.1, -0.05) is 36.4 Å². The third-order valence-corrected chi connectivity index (χ3v) is 5.60. The van der Waals surface area contributed by atoms with Gasteiger partial charge in [-0.05, 0) is 29.8 Å². The number of carbonyl (C=O) groups is 1. The third kappa shape index (κ3) is 5.00. The predicted octanol–water partition coefficient (Wildman–Crippen LogP) is 3.18. The van der Waals surface area contributed by atoms with Gasteiger partial charge in [-0.25, -0.2) is 4.98 Å². The quantitative estimate of drug-likeness (QED) is 0.597. The molecule has 1 fully saturated rings. The van der Waals surface area contributed by atoms with E-state index in [0.717, 1.165) is 31.0 Å². The molecule has 166 valence electrons. The van der Waals surface area contributed by atoms with E-state index < -0.39 is 0 Å². The Morgan fingerprint density at radius 2 is 1.94 bits per heavy atom. The van der Waals surface area contributed by atoms with Gasteiger partial charge in [0.2, 0.25) is 0 Å². The minimum Gasteiger partial charge on any atom is -0.497 e. The van der Waals surface area contributed by atoms with Crippen LogP contribution in [0.3, 0.4) is 0 Å². The van der Waals surface area contributed by atoms with Crippen LogP contribution in [0, 0.1) is 0 Å². The van der Waals surface area contributed by atoms with Crippen molar-refractivity contribution in [3.8, 4) is 11.5 Å². The fourth-order valence-corrected chi connectivity index (χ4v) is 3.86. The minimum atomic E-state index is -0.223. The summed E-state index contributed by atoms with van der Waals surface area (Å²) in [4.78, 5) is 19.7. The standard InChI is InChI=1S/C25H28N4O3/c1-31-20-12-11-19(23(15-20)32-2)16-27-25(30)21-9-6-10-24(28-21)29-14-13-26-22(17-29)18-7-4-3-5-8-18/h3-12,15,22,26H,13-14,16-17H2,1-2H3,(H,27,30)/t22-/m1/s1. The first-order valence-electron chi connectivity index (χ1n) is 10.7. The Morgan fingerprint density at radius 1 is 1.09 bits per heavy atom. The van der Waals surface area contributed by atoms with Crippen molar-refractivity contribution >= 4 is 11.7 Å². The number of hydrogen-bond donors (Lipinski definition) is 2. The number of methoxy groups -OCH3 is 2. The number of benzene rings is 2. The lowest BCUT2D eigenvalue weighted by atomic mass is 10.0. The van der Waals surface area contributed by atoms with Gasteiger partial charge in [-0.15, -0.1) is 0 Å². The van der Waals surface area contributed by atoms with Gasteiger partial charge in [0.1, 0.15) is 23.0 Å². The first-order valence-corrected chi connectivity index (χ1v) is 10.7. The maximum Gasteiger partial charge on any atom is 0.270 e. The lowest BCUT2D eigenvalue weighted by Gasteiger charge is -2.35. The second-order valence-corrected chi connectivity index (χ2v) is 7.60. The van der Waals surface area contributed by atoms with Crippen LogP contribution in [0.5, 0.6) is 11.5 Å². The van der Waals surface area contributed by atoms with Gasteiger partial charge in [-0.2, -0.15) is 0 Å². The Bertz CT molecular complexity index is 1060. The van der Waals surface area contributed by atoms with Gasteiger partial charge < -0.3 is 25.0 Å². The van der Waals surface area contributed by atoms with E-state index in [0.29, 0.717) is 23.7 Å². The molecule has 7 heteroatoms. The molecule has 0 unspecified atom stereocenters. The highest BCUT2D eigenvalue weighted by molar-refractivity contribution is 5.92. The monoisotopic (exact) mass is 432 g/mol.